The highest BCUT2D eigenvalue weighted by molar-refractivity contribution is 6.04. The fourth-order valence-electron chi connectivity index (χ4n) is 1.69. The lowest BCUT2D eigenvalue weighted by molar-refractivity contribution is 0.0492. The summed E-state index contributed by atoms with van der Waals surface area (Å²) in [7, 11) is 4.81. The maximum Gasteiger partial charge on any atom is 0.188 e. The number of amidine groups is 1. The van der Waals surface area contributed by atoms with E-state index in [4.69, 9.17) is 19.9 Å². The van der Waals surface area contributed by atoms with Crippen LogP contribution in [0.3, 0.4) is 0 Å². The van der Waals surface area contributed by atoms with E-state index in [1.807, 2.05) is 13.0 Å². The lowest BCUT2D eigenvalue weighted by Crippen LogP contribution is -2.25. The van der Waals surface area contributed by atoms with E-state index in [0.29, 0.717) is 17.2 Å². The van der Waals surface area contributed by atoms with Crippen LogP contribution in [0.2, 0.25) is 0 Å². The first-order chi connectivity index (χ1) is 9.19. The summed E-state index contributed by atoms with van der Waals surface area (Å²) in [6.45, 7) is 2.89. The topological polar surface area (TPSA) is 78.1 Å². The van der Waals surface area contributed by atoms with Crippen LogP contribution in [0.15, 0.2) is 17.1 Å². The molecule has 1 aromatic rings. The second kappa shape index (κ2) is 7.48. The second-order valence-corrected chi connectivity index (χ2v) is 3.71. The summed E-state index contributed by atoms with van der Waals surface area (Å²) < 4.78 is 15.6. The number of nitrogens with two attached hydrogens (primary N) is 1. The van der Waals surface area contributed by atoms with Gasteiger partial charge in [0.15, 0.2) is 18.3 Å². The molecule has 0 amide bonds. The maximum atomic E-state index is 6.11. The van der Waals surface area contributed by atoms with Gasteiger partial charge in [-0.2, -0.15) is 0 Å². The number of methoxy groups -OCH3 is 2. The number of hydrogen-bond acceptors (Lipinski definition) is 5. The maximum absolute atomic E-state index is 6.11. The van der Waals surface area contributed by atoms with Crippen molar-refractivity contribution in [2.45, 2.75) is 6.92 Å². The van der Waals surface area contributed by atoms with Gasteiger partial charge in [0.25, 0.3) is 0 Å². The van der Waals surface area contributed by atoms with E-state index in [9.17, 15) is 0 Å². The molecule has 0 aliphatic rings. The third-order valence-electron chi connectivity index (χ3n) is 2.52. The lowest BCUT2D eigenvalue weighted by Gasteiger charge is -2.16. The van der Waals surface area contributed by atoms with Gasteiger partial charge in [0.1, 0.15) is 5.84 Å². The van der Waals surface area contributed by atoms with Crippen molar-refractivity contribution in [1.29, 1.82) is 0 Å². The van der Waals surface area contributed by atoms with Crippen LogP contribution in [0.25, 0.3) is 0 Å². The number of nitrogens with zero attached hydrogens (tertiary/aromatic N) is 1. The molecule has 0 atom stereocenters. The normalized spacial score (nSPS) is 11.3. The van der Waals surface area contributed by atoms with Gasteiger partial charge in [0, 0.05) is 26.3 Å². The van der Waals surface area contributed by atoms with Gasteiger partial charge in [0.05, 0.1) is 12.8 Å². The Morgan fingerprint density at radius 1 is 1.37 bits per heavy atom. The average Bonchev–Trinajstić information content (AvgIpc) is 2.43. The fraction of sp³-hybridized carbons (Fsp3) is 0.462. The smallest absolute Gasteiger partial charge is 0.188 e. The Labute approximate surface area is 113 Å². The predicted octanol–water partition coefficient (Wildman–Crippen LogP) is 1.25. The molecule has 0 unspecified atom stereocenters. The number of hydrogen-bond donors (Lipinski definition) is 2. The van der Waals surface area contributed by atoms with Crippen molar-refractivity contribution in [3.05, 3.63) is 17.7 Å². The minimum Gasteiger partial charge on any atom is -0.491 e. The Kier molecular flexibility index (Phi) is 5.95. The van der Waals surface area contributed by atoms with Gasteiger partial charge in [-0.25, -0.2) is 0 Å². The van der Waals surface area contributed by atoms with Crippen molar-refractivity contribution >= 4 is 11.5 Å². The fourth-order valence-corrected chi connectivity index (χ4v) is 1.69. The average molecular weight is 267 g/mol. The third-order valence-corrected chi connectivity index (χ3v) is 2.52. The van der Waals surface area contributed by atoms with E-state index in [-0.39, 0.29) is 6.79 Å². The van der Waals surface area contributed by atoms with E-state index < -0.39 is 0 Å². The number of rotatable bonds is 6. The van der Waals surface area contributed by atoms with E-state index in [0.717, 1.165) is 17.9 Å². The molecule has 3 N–H and O–H groups in total. The first-order valence-corrected chi connectivity index (χ1v) is 5.98. The van der Waals surface area contributed by atoms with Gasteiger partial charge in [-0.05, 0) is 19.1 Å². The van der Waals surface area contributed by atoms with Crippen LogP contribution in [0.4, 0.5) is 5.69 Å². The van der Waals surface area contributed by atoms with Crippen molar-refractivity contribution in [2.75, 3.05) is 40.3 Å². The highest BCUT2D eigenvalue weighted by atomic mass is 16.7. The zero-order valence-electron chi connectivity index (χ0n) is 11.8. The molecule has 1 aromatic carbocycles. The third kappa shape index (κ3) is 3.51. The summed E-state index contributed by atoms with van der Waals surface area (Å²) in [5.74, 6) is 1.74. The van der Waals surface area contributed by atoms with Crippen LogP contribution < -0.4 is 20.5 Å². The molecule has 0 fully saturated rings. The summed E-state index contributed by atoms with van der Waals surface area (Å²) in [4.78, 5) is 4.18. The molecule has 0 bridgehead atoms. The van der Waals surface area contributed by atoms with Crippen molar-refractivity contribution in [3.63, 3.8) is 0 Å². The van der Waals surface area contributed by atoms with Crippen molar-refractivity contribution in [2.24, 2.45) is 4.99 Å². The molecule has 0 saturated heterocycles. The number of nitrogens with one attached hydrogen (secondary N) is 1. The Morgan fingerprint density at radius 3 is 2.63 bits per heavy atom. The molecule has 0 radical (unpaired) electrons. The van der Waals surface area contributed by atoms with Gasteiger partial charge in [0.2, 0.25) is 0 Å². The standard InChI is InChI=1S/C13H21N3O3/c1-5-16-13(15-2)9-6-7-10(19-8-17-3)12(18-4)11(9)14/h6-7H,5,8,14H2,1-4H3,(H,15,16). The Bertz CT molecular complexity index is 447. The molecular weight excluding hydrogens is 246 g/mol. The Balaban J connectivity index is 3.16. The summed E-state index contributed by atoms with van der Waals surface area (Å²) >= 11 is 0. The molecular formula is C13H21N3O3. The Hall–Kier alpha value is -1.95. The first kappa shape index (κ1) is 15.1. The molecule has 0 aliphatic heterocycles. The summed E-state index contributed by atoms with van der Waals surface area (Å²) in [5, 5.41) is 3.15. The molecule has 0 aliphatic carbocycles. The number of ether oxygens (including phenoxy) is 3. The predicted molar refractivity (Wildman–Crippen MR) is 76.0 cm³/mol. The van der Waals surface area contributed by atoms with Gasteiger partial charge in [-0.3, -0.25) is 4.99 Å². The SMILES string of the molecule is CCNC(=NC)c1ccc(OCOC)c(OC)c1N. The summed E-state index contributed by atoms with van der Waals surface area (Å²) in [6, 6.07) is 3.62. The quantitative estimate of drug-likeness (QED) is 0.351. The second-order valence-electron chi connectivity index (χ2n) is 3.71. The van der Waals surface area contributed by atoms with Crippen molar-refractivity contribution in [3.8, 4) is 11.5 Å². The van der Waals surface area contributed by atoms with Gasteiger partial charge < -0.3 is 25.3 Å². The van der Waals surface area contributed by atoms with Crippen LogP contribution in [0.5, 0.6) is 11.5 Å². The molecule has 0 aromatic heterocycles. The largest absolute Gasteiger partial charge is 0.491 e. The van der Waals surface area contributed by atoms with Gasteiger partial charge in [-0.1, -0.05) is 0 Å². The summed E-state index contributed by atoms with van der Waals surface area (Å²) in [6.07, 6.45) is 0. The number of aliphatic imine (C=N–C) groups is 1. The van der Waals surface area contributed by atoms with Crippen LogP contribution in [-0.2, 0) is 4.74 Å². The van der Waals surface area contributed by atoms with Gasteiger partial charge >= 0.3 is 0 Å². The van der Waals surface area contributed by atoms with Crippen molar-refractivity contribution in [1.82, 2.24) is 5.32 Å². The lowest BCUT2D eigenvalue weighted by atomic mass is 10.1. The highest BCUT2D eigenvalue weighted by Crippen LogP contribution is 2.35. The number of nitrogen functional groups attached to an aromatic ring is 1. The molecule has 6 nitrogen and oxygen atoms in total. The van der Waals surface area contributed by atoms with Crippen LogP contribution in [0, 0.1) is 0 Å². The van der Waals surface area contributed by atoms with Crippen LogP contribution >= 0.6 is 0 Å². The van der Waals surface area contributed by atoms with Crippen LogP contribution in [0.1, 0.15) is 12.5 Å². The minimum absolute atomic E-state index is 0.136. The van der Waals surface area contributed by atoms with E-state index in [1.165, 1.54) is 0 Å². The molecule has 0 saturated carbocycles. The van der Waals surface area contributed by atoms with Crippen molar-refractivity contribution < 1.29 is 14.2 Å². The Morgan fingerprint density at radius 2 is 2.11 bits per heavy atom. The van der Waals surface area contributed by atoms with E-state index in [1.54, 1.807) is 27.3 Å². The minimum atomic E-state index is 0.136. The number of anilines is 1. The zero-order chi connectivity index (χ0) is 14.3. The highest BCUT2D eigenvalue weighted by Gasteiger charge is 2.15. The molecule has 0 heterocycles. The van der Waals surface area contributed by atoms with Gasteiger partial charge in [-0.15, -0.1) is 0 Å². The molecule has 1 rings (SSSR count). The first-order valence-electron chi connectivity index (χ1n) is 5.98. The van der Waals surface area contributed by atoms with Crippen LogP contribution in [-0.4, -0.2) is 40.4 Å². The van der Waals surface area contributed by atoms with E-state index >= 15 is 0 Å². The van der Waals surface area contributed by atoms with E-state index in [2.05, 4.69) is 10.3 Å². The zero-order valence-corrected chi connectivity index (χ0v) is 11.8. The monoisotopic (exact) mass is 267 g/mol. The number of benzene rings is 1. The molecule has 0 spiro atoms. The summed E-state index contributed by atoms with van der Waals surface area (Å²) in [5.41, 5.74) is 7.37. The molecule has 106 valence electrons. The molecule has 6 heteroatoms. The molecule has 19 heavy (non-hydrogen) atoms.